The average molecular weight is 743 g/mol. The number of hydrogen-bond acceptors (Lipinski definition) is 0. The first-order chi connectivity index (χ1) is 27.7. The maximum atomic E-state index is 2.52. The second kappa shape index (κ2) is 12.7. The first-order valence-corrected chi connectivity index (χ1v) is 22.3. The Hall–Kier alpha value is -4.68. The van der Waals surface area contributed by atoms with Crippen LogP contribution in [0.1, 0.15) is 112 Å². The van der Waals surface area contributed by atoms with E-state index in [4.69, 9.17) is 0 Å². The van der Waals surface area contributed by atoms with E-state index in [1.54, 1.807) is 0 Å². The molecule has 0 amide bonds. The van der Waals surface area contributed by atoms with Crippen molar-refractivity contribution in [3.63, 3.8) is 0 Å². The van der Waals surface area contributed by atoms with Crippen LogP contribution in [0.15, 0.2) is 146 Å². The van der Waals surface area contributed by atoms with E-state index in [0.717, 1.165) is 35.5 Å². The lowest BCUT2D eigenvalue weighted by Crippen LogP contribution is -2.28. The fourth-order valence-corrected chi connectivity index (χ4v) is 13.7. The smallest absolute Gasteiger partial charge is 0.0622 e. The van der Waals surface area contributed by atoms with Crippen LogP contribution in [0.4, 0.5) is 0 Å². The van der Waals surface area contributed by atoms with Crippen LogP contribution in [-0.2, 0) is 5.41 Å². The van der Waals surface area contributed by atoms with Crippen molar-refractivity contribution in [3.8, 4) is 33.4 Å². The average Bonchev–Trinajstić information content (AvgIpc) is 4.09. The third-order valence-corrected chi connectivity index (χ3v) is 17.3. The molecule has 2 unspecified atom stereocenters. The second-order valence-electron chi connectivity index (χ2n) is 20.0. The van der Waals surface area contributed by atoms with Gasteiger partial charge in [-0.05, 0) is 163 Å². The molecule has 286 valence electrons. The van der Waals surface area contributed by atoms with E-state index in [-0.39, 0.29) is 0 Å². The first-order valence-electron chi connectivity index (χ1n) is 22.3. The van der Waals surface area contributed by atoms with Gasteiger partial charge in [0.05, 0.1) is 5.41 Å². The van der Waals surface area contributed by atoms with E-state index in [0.29, 0.717) is 22.7 Å². The lowest BCUT2D eigenvalue weighted by molar-refractivity contribution is 0.335. The highest BCUT2D eigenvalue weighted by atomic mass is 14.7. The van der Waals surface area contributed by atoms with Gasteiger partial charge in [-0.15, -0.1) is 0 Å². The largest absolute Gasteiger partial charge is 0.0713 e. The molecular weight excluding hydrogens is 685 g/mol. The summed E-state index contributed by atoms with van der Waals surface area (Å²) in [6.45, 7) is 14.8. The van der Waals surface area contributed by atoms with Gasteiger partial charge in [-0.2, -0.15) is 0 Å². The molecule has 8 atom stereocenters. The van der Waals surface area contributed by atoms with Crippen molar-refractivity contribution in [2.75, 3.05) is 0 Å². The molecule has 0 saturated heterocycles. The number of fused-ring (bicyclic) bond motifs is 5. The van der Waals surface area contributed by atoms with Gasteiger partial charge in [0.2, 0.25) is 0 Å². The van der Waals surface area contributed by atoms with Crippen molar-refractivity contribution in [2.45, 2.75) is 84.5 Å². The summed E-state index contributed by atoms with van der Waals surface area (Å²) >= 11 is 0. The summed E-state index contributed by atoms with van der Waals surface area (Å²) in [5, 5.41) is 0. The van der Waals surface area contributed by atoms with Crippen LogP contribution in [0.5, 0.6) is 0 Å². The summed E-state index contributed by atoms with van der Waals surface area (Å²) in [6, 6.07) is 56.7. The maximum absolute atomic E-state index is 2.52. The summed E-state index contributed by atoms with van der Waals surface area (Å²) in [6.07, 6.45) is 5.59. The minimum atomic E-state index is -0.448. The molecule has 0 aliphatic heterocycles. The Bertz CT molecular complexity index is 2320. The van der Waals surface area contributed by atoms with Crippen molar-refractivity contribution in [2.24, 2.45) is 46.3 Å². The maximum Gasteiger partial charge on any atom is 0.0713 e. The Balaban J connectivity index is 0.979. The van der Waals surface area contributed by atoms with Gasteiger partial charge in [0.25, 0.3) is 0 Å². The van der Waals surface area contributed by atoms with Gasteiger partial charge in [0.15, 0.2) is 0 Å². The molecule has 57 heavy (non-hydrogen) atoms. The minimum absolute atomic E-state index is 0.448. The summed E-state index contributed by atoms with van der Waals surface area (Å²) in [4.78, 5) is 0. The third kappa shape index (κ3) is 5.04. The van der Waals surface area contributed by atoms with Crippen LogP contribution in [0, 0.1) is 46.3 Å². The topological polar surface area (TPSA) is 0 Å². The van der Waals surface area contributed by atoms with Crippen LogP contribution < -0.4 is 0 Å². The van der Waals surface area contributed by atoms with Gasteiger partial charge in [-0.1, -0.05) is 175 Å². The van der Waals surface area contributed by atoms with Crippen molar-refractivity contribution in [1.82, 2.24) is 0 Å². The molecule has 5 aliphatic rings. The Kier molecular flexibility index (Phi) is 7.88. The van der Waals surface area contributed by atoms with Gasteiger partial charge in [-0.3, -0.25) is 0 Å². The van der Waals surface area contributed by atoms with E-state index in [1.165, 1.54) is 92.4 Å². The van der Waals surface area contributed by atoms with Crippen LogP contribution in [0.2, 0.25) is 0 Å². The molecule has 0 N–H and O–H groups in total. The highest BCUT2D eigenvalue weighted by Gasteiger charge is 2.65. The molecule has 4 fully saturated rings. The number of rotatable bonds is 8. The van der Waals surface area contributed by atoms with Crippen LogP contribution in [0.3, 0.4) is 0 Å². The highest BCUT2D eigenvalue weighted by Crippen LogP contribution is 2.74. The Morgan fingerprint density at radius 3 is 1.21 bits per heavy atom. The molecular formula is C57H58. The van der Waals surface area contributed by atoms with E-state index in [1.807, 2.05) is 0 Å². The molecule has 0 heteroatoms. The number of hydrogen-bond donors (Lipinski definition) is 0. The Morgan fingerprint density at radius 1 is 0.421 bits per heavy atom. The third-order valence-electron chi connectivity index (χ3n) is 17.3. The van der Waals surface area contributed by atoms with Crippen molar-refractivity contribution in [3.05, 3.63) is 179 Å². The van der Waals surface area contributed by atoms with Crippen molar-refractivity contribution in [1.29, 1.82) is 0 Å². The normalized spacial score (nSPS) is 29.9. The number of benzene rings is 6. The monoisotopic (exact) mass is 742 g/mol. The van der Waals surface area contributed by atoms with Crippen molar-refractivity contribution < 1.29 is 0 Å². The zero-order valence-electron chi connectivity index (χ0n) is 34.8. The van der Waals surface area contributed by atoms with Crippen LogP contribution in [-0.4, -0.2) is 0 Å². The van der Waals surface area contributed by atoms with E-state index < -0.39 is 5.41 Å². The molecule has 0 spiro atoms. The Morgan fingerprint density at radius 2 is 0.825 bits per heavy atom. The first kappa shape index (κ1) is 35.5. The quantitative estimate of drug-likeness (QED) is 0.145. The SMILES string of the molecule is CC(C)[C@]12CC(c3ccc(-c4cccc(C5(c6cccc(-c7ccc(C8C[C@]9(C(C)C)C[C@@H]9[C@H]8C)cc7)c6)c6ccccc6-c6ccccc65)c4)cc3)[C@H](C)[C@H]1C2. The lowest BCUT2D eigenvalue weighted by atomic mass is 9.67. The molecule has 0 nitrogen and oxygen atoms in total. The summed E-state index contributed by atoms with van der Waals surface area (Å²) in [5.41, 5.74) is 17.0. The molecule has 5 aliphatic carbocycles. The molecule has 0 heterocycles. The summed E-state index contributed by atoms with van der Waals surface area (Å²) in [5.74, 6) is 6.29. The molecule has 6 aromatic rings. The molecule has 4 saturated carbocycles. The van der Waals surface area contributed by atoms with Gasteiger partial charge in [0.1, 0.15) is 0 Å². The van der Waals surface area contributed by atoms with Crippen LogP contribution in [0.25, 0.3) is 33.4 Å². The van der Waals surface area contributed by atoms with Gasteiger partial charge in [0, 0.05) is 0 Å². The van der Waals surface area contributed by atoms with E-state index in [9.17, 15) is 0 Å². The predicted octanol–water partition coefficient (Wildman–Crippen LogP) is 15.0. The van der Waals surface area contributed by atoms with Gasteiger partial charge >= 0.3 is 0 Å². The molecule has 11 rings (SSSR count). The summed E-state index contributed by atoms with van der Waals surface area (Å²) < 4.78 is 0. The van der Waals surface area contributed by atoms with Crippen molar-refractivity contribution >= 4 is 0 Å². The predicted molar refractivity (Wildman–Crippen MR) is 238 cm³/mol. The van der Waals surface area contributed by atoms with Gasteiger partial charge in [-0.25, -0.2) is 0 Å². The zero-order chi connectivity index (χ0) is 38.8. The van der Waals surface area contributed by atoms with Crippen LogP contribution >= 0.6 is 0 Å². The Labute approximate surface area is 341 Å². The fraction of sp³-hybridized carbons (Fsp3) is 0.368. The van der Waals surface area contributed by atoms with Gasteiger partial charge < -0.3 is 0 Å². The summed E-state index contributed by atoms with van der Waals surface area (Å²) in [7, 11) is 0. The molecule has 0 bridgehead atoms. The zero-order valence-corrected chi connectivity index (χ0v) is 34.8. The lowest BCUT2D eigenvalue weighted by Gasteiger charge is -2.34. The standard InChI is InChI=1S/C57H58/c1-35(2)55-31-49(37(5)53(55)33-55)41-25-21-39(22-26-41)43-13-11-15-45(29-43)57(51-19-9-7-17-47(51)48-18-8-10-20-52(48)57)46-16-12-14-44(30-46)40-23-27-42(28-24-40)50-32-56(36(3)4)34-54(56)38(50)6/h7-30,35-38,49-50,53-54H,31-34H2,1-6H3/t37-,38-,49?,50?,53+,54+,55+,56+/m0/s1. The molecule has 0 radical (unpaired) electrons. The van der Waals surface area contributed by atoms with E-state index >= 15 is 0 Å². The molecule has 0 aromatic heterocycles. The highest BCUT2D eigenvalue weighted by molar-refractivity contribution is 5.87. The minimum Gasteiger partial charge on any atom is -0.0622 e. The molecule has 6 aromatic carbocycles. The van der Waals surface area contributed by atoms with E-state index in [2.05, 4.69) is 187 Å². The second-order valence-corrected chi connectivity index (χ2v) is 20.0. The fourth-order valence-electron chi connectivity index (χ4n) is 13.7.